The molecule has 0 amide bonds. The third kappa shape index (κ3) is 6.72. The first-order valence-electron chi connectivity index (χ1n) is 16.8. The van der Waals surface area contributed by atoms with E-state index >= 15 is 0 Å². The van der Waals surface area contributed by atoms with E-state index in [0.29, 0.717) is 48.0 Å². The predicted octanol–water partition coefficient (Wildman–Crippen LogP) is 8.11. The Kier molecular flexibility index (Phi) is 9.39. The number of anilines is 1. The highest BCUT2D eigenvalue weighted by atomic mass is 19.1. The monoisotopic (exact) mass is 668 g/mol. The summed E-state index contributed by atoms with van der Waals surface area (Å²) >= 11 is 0. The lowest BCUT2D eigenvalue weighted by molar-refractivity contribution is -0.166. The smallest absolute Gasteiger partial charge is 0.340 e. The van der Waals surface area contributed by atoms with Gasteiger partial charge in [0, 0.05) is 47.6 Å². The van der Waals surface area contributed by atoms with E-state index in [2.05, 4.69) is 25.0 Å². The van der Waals surface area contributed by atoms with Crippen LogP contribution >= 0.6 is 0 Å². The Morgan fingerprint density at radius 3 is 2.55 bits per heavy atom. The minimum absolute atomic E-state index is 0.211. The van der Waals surface area contributed by atoms with Gasteiger partial charge in [-0.25, -0.2) is 14.2 Å². The molecular formula is C39H45FN4O5. The van der Waals surface area contributed by atoms with Crippen LogP contribution in [0, 0.1) is 12.7 Å². The van der Waals surface area contributed by atoms with Gasteiger partial charge in [0.25, 0.3) is 0 Å². The van der Waals surface area contributed by atoms with E-state index in [9.17, 15) is 9.18 Å². The SMILES string of the molecule is C=CCOC1(C)CCN(c2c([C@H](OC(C)(C)C)C(=O)OCC)c(C)nc3cc(-c4cccc5c4[C@@H](C=C)Oc4cc(F)ccc4-5)nn23)CC1. The molecule has 1 saturated heterocycles. The molecule has 258 valence electrons. The number of rotatable bonds is 10. The van der Waals surface area contributed by atoms with Crippen LogP contribution in [0.15, 0.2) is 67.8 Å². The van der Waals surface area contributed by atoms with Crippen molar-refractivity contribution in [3.63, 3.8) is 0 Å². The summed E-state index contributed by atoms with van der Waals surface area (Å²) in [5, 5.41) is 5.19. The lowest BCUT2D eigenvalue weighted by atomic mass is 9.88. The molecule has 0 bridgehead atoms. The number of halogens is 1. The van der Waals surface area contributed by atoms with Gasteiger partial charge < -0.3 is 23.8 Å². The molecule has 1 fully saturated rings. The number of carbonyl (C=O) groups excluding carboxylic acids is 1. The van der Waals surface area contributed by atoms with Crippen LogP contribution < -0.4 is 9.64 Å². The van der Waals surface area contributed by atoms with Crippen molar-refractivity contribution in [2.75, 3.05) is 31.2 Å². The average Bonchev–Trinajstić information content (AvgIpc) is 3.48. The van der Waals surface area contributed by atoms with E-state index in [1.54, 1.807) is 25.1 Å². The number of aromatic nitrogens is 3. The fourth-order valence-electron chi connectivity index (χ4n) is 6.76. The molecule has 4 heterocycles. The Hall–Kier alpha value is -4.54. The van der Waals surface area contributed by atoms with E-state index < -0.39 is 23.8 Å². The van der Waals surface area contributed by atoms with Gasteiger partial charge in [-0.2, -0.15) is 9.61 Å². The van der Waals surface area contributed by atoms with E-state index in [0.717, 1.165) is 40.9 Å². The molecule has 0 radical (unpaired) electrons. The minimum Gasteiger partial charge on any atom is -0.481 e. The third-order valence-corrected chi connectivity index (χ3v) is 9.08. The van der Waals surface area contributed by atoms with Crippen LogP contribution in [0.4, 0.5) is 10.2 Å². The van der Waals surface area contributed by atoms with Crippen molar-refractivity contribution in [1.82, 2.24) is 14.6 Å². The number of nitrogens with zero attached hydrogens (tertiary/aromatic N) is 4. The molecule has 0 N–H and O–H groups in total. The van der Waals surface area contributed by atoms with Crippen LogP contribution in [-0.4, -0.2) is 58.1 Å². The highest BCUT2D eigenvalue weighted by Crippen LogP contribution is 2.47. The van der Waals surface area contributed by atoms with Gasteiger partial charge >= 0.3 is 5.97 Å². The second-order valence-electron chi connectivity index (χ2n) is 13.8. The number of benzene rings is 2. The first kappa shape index (κ1) is 34.3. The average molecular weight is 669 g/mol. The van der Waals surface area contributed by atoms with Gasteiger partial charge in [-0.1, -0.05) is 30.9 Å². The molecule has 2 atom stereocenters. The van der Waals surface area contributed by atoms with Crippen molar-refractivity contribution >= 4 is 17.4 Å². The van der Waals surface area contributed by atoms with Gasteiger partial charge in [0.1, 0.15) is 23.5 Å². The molecule has 0 unspecified atom stereocenters. The number of piperidine rings is 1. The molecule has 2 aliphatic rings. The Morgan fingerprint density at radius 1 is 1.14 bits per heavy atom. The number of ether oxygens (including phenoxy) is 4. The number of fused-ring (bicyclic) bond motifs is 4. The standard InChI is InChI=1S/C39H45FN4O5/c1-9-21-47-39(8)17-19-43(20-18-39)36-33(35(37(45)46-11-3)49-38(5,6)7)24(4)41-32-23-29(42-44(32)36)28-14-12-13-27-26-16-15-25(40)22-31(26)48-30(10-2)34(27)28/h9-10,12-16,22-23,30,35H,1-2,11,17-21H2,3-8H3/t30-,35+/m1/s1. The Morgan fingerprint density at radius 2 is 1.88 bits per heavy atom. The molecule has 0 aliphatic carbocycles. The van der Waals surface area contributed by atoms with Crippen molar-refractivity contribution in [1.29, 1.82) is 0 Å². The summed E-state index contributed by atoms with van der Waals surface area (Å²) in [4.78, 5) is 20.9. The zero-order valence-electron chi connectivity index (χ0n) is 29.2. The summed E-state index contributed by atoms with van der Waals surface area (Å²) in [5.74, 6) is 0.341. The molecule has 2 aromatic carbocycles. The van der Waals surface area contributed by atoms with Crippen molar-refractivity contribution in [2.24, 2.45) is 0 Å². The molecular weight excluding hydrogens is 623 g/mol. The van der Waals surface area contributed by atoms with Gasteiger partial charge in [0.2, 0.25) is 0 Å². The van der Waals surface area contributed by atoms with Gasteiger partial charge in [0.15, 0.2) is 11.8 Å². The topological polar surface area (TPSA) is 87.4 Å². The molecule has 6 rings (SSSR count). The molecule has 0 spiro atoms. The molecule has 4 aromatic rings. The summed E-state index contributed by atoms with van der Waals surface area (Å²) in [6.45, 7) is 21.4. The van der Waals surface area contributed by atoms with Crippen LogP contribution in [0.25, 0.3) is 28.0 Å². The molecule has 10 heteroatoms. The third-order valence-electron chi connectivity index (χ3n) is 9.08. The normalized spacial score (nSPS) is 17.5. The Balaban J connectivity index is 1.55. The Labute approximate surface area is 287 Å². The quantitative estimate of drug-likeness (QED) is 0.124. The van der Waals surface area contributed by atoms with Crippen LogP contribution in [0.2, 0.25) is 0 Å². The number of hydrogen-bond donors (Lipinski definition) is 0. The Bertz CT molecular complexity index is 1900. The molecule has 9 nitrogen and oxygen atoms in total. The van der Waals surface area contributed by atoms with Crippen LogP contribution in [0.3, 0.4) is 0 Å². The van der Waals surface area contributed by atoms with E-state index in [1.165, 1.54) is 12.1 Å². The van der Waals surface area contributed by atoms with E-state index in [-0.39, 0.29) is 18.0 Å². The first-order valence-corrected chi connectivity index (χ1v) is 16.8. The number of hydrogen-bond acceptors (Lipinski definition) is 8. The second kappa shape index (κ2) is 13.4. The summed E-state index contributed by atoms with van der Waals surface area (Å²) < 4.78 is 40.5. The van der Waals surface area contributed by atoms with E-state index in [4.69, 9.17) is 29.0 Å². The maximum atomic E-state index is 14.2. The van der Waals surface area contributed by atoms with Crippen LogP contribution in [-0.2, 0) is 19.0 Å². The summed E-state index contributed by atoms with van der Waals surface area (Å²) in [6.07, 6.45) is 3.43. The van der Waals surface area contributed by atoms with Crippen molar-refractivity contribution in [3.8, 4) is 28.1 Å². The lowest BCUT2D eigenvalue weighted by Crippen LogP contribution is -2.45. The van der Waals surface area contributed by atoms with Gasteiger partial charge in [-0.3, -0.25) is 0 Å². The summed E-state index contributed by atoms with van der Waals surface area (Å²) in [5.41, 5.74) is 5.01. The highest BCUT2D eigenvalue weighted by Gasteiger charge is 2.39. The zero-order valence-corrected chi connectivity index (χ0v) is 29.2. The number of esters is 1. The summed E-state index contributed by atoms with van der Waals surface area (Å²) in [6, 6.07) is 12.5. The summed E-state index contributed by atoms with van der Waals surface area (Å²) in [7, 11) is 0. The van der Waals surface area contributed by atoms with Crippen LogP contribution in [0.1, 0.15) is 76.5 Å². The van der Waals surface area contributed by atoms with Gasteiger partial charge in [0.05, 0.1) is 35.7 Å². The first-order chi connectivity index (χ1) is 23.4. The zero-order chi connectivity index (χ0) is 35.1. The fourth-order valence-corrected chi connectivity index (χ4v) is 6.76. The predicted molar refractivity (Wildman–Crippen MR) is 188 cm³/mol. The van der Waals surface area contributed by atoms with E-state index in [1.807, 2.05) is 56.5 Å². The van der Waals surface area contributed by atoms with Crippen molar-refractivity contribution < 1.29 is 28.1 Å². The highest BCUT2D eigenvalue weighted by molar-refractivity contribution is 5.84. The number of aryl methyl sites for hydroxylation is 1. The largest absolute Gasteiger partial charge is 0.481 e. The molecule has 2 aliphatic heterocycles. The molecule has 0 saturated carbocycles. The minimum atomic E-state index is -1.04. The molecule has 2 aromatic heterocycles. The second-order valence-corrected chi connectivity index (χ2v) is 13.8. The number of carbonyl (C=O) groups is 1. The van der Waals surface area contributed by atoms with Crippen molar-refractivity contribution in [2.45, 2.75) is 77.8 Å². The van der Waals surface area contributed by atoms with Gasteiger partial charge in [-0.05, 0) is 78.2 Å². The van der Waals surface area contributed by atoms with Crippen LogP contribution in [0.5, 0.6) is 5.75 Å². The molecule has 49 heavy (non-hydrogen) atoms. The maximum absolute atomic E-state index is 14.2. The fraction of sp³-hybridized carbons (Fsp3) is 0.410. The lowest BCUT2D eigenvalue weighted by Gasteiger charge is -2.41. The van der Waals surface area contributed by atoms with Gasteiger partial charge in [-0.15, -0.1) is 6.58 Å². The van der Waals surface area contributed by atoms with Crippen molar-refractivity contribution in [3.05, 3.63) is 90.4 Å². The maximum Gasteiger partial charge on any atom is 0.340 e.